The van der Waals surface area contributed by atoms with Crippen LogP contribution in [0.1, 0.15) is 21.5 Å². The Balaban J connectivity index is 2.27. The van der Waals surface area contributed by atoms with Gasteiger partial charge in [-0.1, -0.05) is 18.2 Å². The molecule has 94 valence electrons. The Morgan fingerprint density at radius 1 is 1.26 bits per heavy atom. The van der Waals surface area contributed by atoms with E-state index in [1.165, 1.54) is 12.1 Å². The summed E-state index contributed by atoms with van der Waals surface area (Å²) in [4.78, 5) is 12.1. The Hall–Kier alpha value is -2.67. The summed E-state index contributed by atoms with van der Waals surface area (Å²) in [5.74, 6) is -0.646. The number of nitrogens with zero attached hydrogens (tertiary/aromatic N) is 1. The van der Waals surface area contributed by atoms with Gasteiger partial charge in [-0.15, -0.1) is 0 Å². The van der Waals surface area contributed by atoms with Crippen molar-refractivity contribution in [3.05, 3.63) is 65.0 Å². The molecule has 0 radical (unpaired) electrons. The number of nitriles is 1. The third-order valence-corrected chi connectivity index (χ3v) is 2.75. The molecule has 0 saturated carbocycles. The number of nitrogen functional groups attached to an aromatic ring is 1. The minimum absolute atomic E-state index is 0.0482. The quantitative estimate of drug-likeness (QED) is 0.676. The molecule has 2 N–H and O–H groups in total. The number of hydrogen-bond acceptors (Lipinski definition) is 3. The van der Waals surface area contributed by atoms with Crippen LogP contribution in [0.15, 0.2) is 42.5 Å². The second kappa shape index (κ2) is 5.32. The average Bonchev–Trinajstić information content (AvgIpc) is 2.40. The van der Waals surface area contributed by atoms with Gasteiger partial charge in [-0.2, -0.15) is 5.26 Å². The lowest BCUT2D eigenvalue weighted by Gasteiger charge is -2.04. The van der Waals surface area contributed by atoms with Crippen LogP contribution in [0.25, 0.3) is 0 Å². The van der Waals surface area contributed by atoms with Crippen LogP contribution < -0.4 is 5.73 Å². The first-order valence-corrected chi connectivity index (χ1v) is 5.67. The largest absolute Gasteiger partial charge is 0.399 e. The Morgan fingerprint density at radius 3 is 2.74 bits per heavy atom. The van der Waals surface area contributed by atoms with E-state index in [2.05, 4.69) is 0 Å². The van der Waals surface area contributed by atoms with E-state index in [1.54, 1.807) is 24.3 Å². The number of carbonyl (C=O) groups is 1. The number of Topliss-reactive ketones (excluding diaryl/α,β-unsaturated/α-hetero) is 1. The summed E-state index contributed by atoms with van der Waals surface area (Å²) in [6.07, 6.45) is 0.0482. The van der Waals surface area contributed by atoms with Gasteiger partial charge in [-0.3, -0.25) is 4.79 Å². The predicted octanol–water partition coefficient (Wildman–Crippen LogP) is 2.70. The van der Waals surface area contributed by atoms with Crippen molar-refractivity contribution >= 4 is 11.5 Å². The summed E-state index contributed by atoms with van der Waals surface area (Å²) in [5.41, 5.74) is 7.28. The first-order chi connectivity index (χ1) is 9.10. The van der Waals surface area contributed by atoms with Gasteiger partial charge in [0.1, 0.15) is 5.82 Å². The van der Waals surface area contributed by atoms with Crippen molar-refractivity contribution in [3.63, 3.8) is 0 Å². The number of anilines is 1. The SMILES string of the molecule is N#Cc1cc(F)ccc1CC(=O)c1cccc(N)c1. The van der Waals surface area contributed by atoms with Crippen LogP contribution in [0.4, 0.5) is 10.1 Å². The molecule has 0 bridgehead atoms. The number of halogens is 1. The highest BCUT2D eigenvalue weighted by atomic mass is 19.1. The summed E-state index contributed by atoms with van der Waals surface area (Å²) in [5, 5.41) is 8.92. The summed E-state index contributed by atoms with van der Waals surface area (Å²) < 4.78 is 13.0. The highest BCUT2D eigenvalue weighted by Gasteiger charge is 2.11. The number of carbonyl (C=O) groups excluding carboxylic acids is 1. The maximum absolute atomic E-state index is 13.0. The molecule has 0 heterocycles. The van der Waals surface area contributed by atoms with E-state index in [1.807, 2.05) is 6.07 Å². The maximum atomic E-state index is 13.0. The summed E-state index contributed by atoms with van der Waals surface area (Å²) in [7, 11) is 0. The van der Waals surface area contributed by atoms with Crippen molar-refractivity contribution < 1.29 is 9.18 Å². The van der Waals surface area contributed by atoms with Gasteiger partial charge >= 0.3 is 0 Å². The Labute approximate surface area is 110 Å². The first-order valence-electron chi connectivity index (χ1n) is 5.67. The molecule has 4 heteroatoms. The van der Waals surface area contributed by atoms with Gasteiger partial charge in [0.05, 0.1) is 11.6 Å². The third kappa shape index (κ3) is 2.96. The summed E-state index contributed by atoms with van der Waals surface area (Å²) >= 11 is 0. The van der Waals surface area contributed by atoms with Gasteiger partial charge in [0, 0.05) is 17.7 Å². The van der Waals surface area contributed by atoms with Crippen molar-refractivity contribution in [1.82, 2.24) is 0 Å². The van der Waals surface area contributed by atoms with Crippen LogP contribution in [0.3, 0.4) is 0 Å². The zero-order chi connectivity index (χ0) is 13.8. The molecule has 3 nitrogen and oxygen atoms in total. The standard InChI is InChI=1S/C15H11FN2O/c16-13-5-4-10(12(6-13)9-17)8-15(19)11-2-1-3-14(18)7-11/h1-7H,8,18H2. The molecule has 0 amide bonds. The molecule has 0 spiro atoms. The number of benzene rings is 2. The van der Waals surface area contributed by atoms with Crippen molar-refractivity contribution in [3.8, 4) is 6.07 Å². The predicted molar refractivity (Wildman–Crippen MR) is 70.0 cm³/mol. The van der Waals surface area contributed by atoms with Crippen LogP contribution >= 0.6 is 0 Å². The van der Waals surface area contributed by atoms with Crippen molar-refractivity contribution in [1.29, 1.82) is 5.26 Å². The molecule has 0 aliphatic carbocycles. The molecular weight excluding hydrogens is 243 g/mol. The molecule has 2 aromatic carbocycles. The third-order valence-electron chi connectivity index (χ3n) is 2.75. The molecule has 0 aliphatic rings. The molecule has 0 saturated heterocycles. The van der Waals surface area contributed by atoms with E-state index in [0.29, 0.717) is 16.8 Å². The smallest absolute Gasteiger partial charge is 0.167 e. The molecule has 2 rings (SSSR count). The number of hydrogen-bond donors (Lipinski definition) is 1. The van der Waals surface area contributed by atoms with E-state index < -0.39 is 5.82 Å². The number of ketones is 1. The lowest BCUT2D eigenvalue weighted by molar-refractivity contribution is 0.0993. The summed E-state index contributed by atoms with van der Waals surface area (Å²) in [6, 6.07) is 12.3. The fourth-order valence-electron chi connectivity index (χ4n) is 1.79. The summed E-state index contributed by atoms with van der Waals surface area (Å²) in [6.45, 7) is 0. The van der Waals surface area contributed by atoms with Crippen molar-refractivity contribution in [2.45, 2.75) is 6.42 Å². The van der Waals surface area contributed by atoms with E-state index in [0.717, 1.165) is 6.07 Å². The first kappa shape index (κ1) is 12.8. The van der Waals surface area contributed by atoms with E-state index >= 15 is 0 Å². The molecule has 19 heavy (non-hydrogen) atoms. The van der Waals surface area contributed by atoms with Crippen LogP contribution in [-0.2, 0) is 6.42 Å². The Kier molecular flexibility index (Phi) is 3.58. The highest BCUT2D eigenvalue weighted by Crippen LogP contribution is 2.15. The Bertz CT molecular complexity index is 674. The molecule has 2 aromatic rings. The van der Waals surface area contributed by atoms with Crippen LogP contribution in [0.2, 0.25) is 0 Å². The Morgan fingerprint density at radius 2 is 2.05 bits per heavy atom. The van der Waals surface area contributed by atoms with E-state index in [-0.39, 0.29) is 17.8 Å². The van der Waals surface area contributed by atoms with Gasteiger partial charge in [-0.05, 0) is 29.8 Å². The monoisotopic (exact) mass is 254 g/mol. The zero-order valence-corrected chi connectivity index (χ0v) is 10.1. The lowest BCUT2D eigenvalue weighted by Crippen LogP contribution is -2.06. The van der Waals surface area contributed by atoms with Crippen molar-refractivity contribution in [2.24, 2.45) is 0 Å². The number of rotatable bonds is 3. The van der Waals surface area contributed by atoms with E-state index in [9.17, 15) is 9.18 Å². The van der Waals surface area contributed by atoms with Gasteiger partial charge < -0.3 is 5.73 Å². The maximum Gasteiger partial charge on any atom is 0.167 e. The molecule has 0 unspecified atom stereocenters. The van der Waals surface area contributed by atoms with Crippen molar-refractivity contribution in [2.75, 3.05) is 5.73 Å². The zero-order valence-electron chi connectivity index (χ0n) is 10.1. The normalized spacial score (nSPS) is 9.89. The molecule has 0 atom stereocenters. The lowest BCUT2D eigenvalue weighted by atomic mass is 9.99. The van der Waals surface area contributed by atoms with Gasteiger partial charge in [0.2, 0.25) is 0 Å². The molecule has 0 aromatic heterocycles. The van der Waals surface area contributed by atoms with Crippen LogP contribution in [-0.4, -0.2) is 5.78 Å². The fourth-order valence-corrected chi connectivity index (χ4v) is 1.79. The molecule has 0 fully saturated rings. The highest BCUT2D eigenvalue weighted by molar-refractivity contribution is 5.98. The molecular formula is C15H11FN2O. The average molecular weight is 254 g/mol. The topological polar surface area (TPSA) is 66.9 Å². The van der Waals surface area contributed by atoms with Crippen LogP contribution in [0, 0.1) is 17.1 Å². The van der Waals surface area contributed by atoms with Gasteiger partial charge in [-0.25, -0.2) is 4.39 Å². The van der Waals surface area contributed by atoms with Crippen LogP contribution in [0.5, 0.6) is 0 Å². The minimum atomic E-state index is -0.489. The fraction of sp³-hybridized carbons (Fsp3) is 0.0667. The van der Waals surface area contributed by atoms with Gasteiger partial charge in [0.25, 0.3) is 0 Å². The minimum Gasteiger partial charge on any atom is -0.399 e. The van der Waals surface area contributed by atoms with E-state index in [4.69, 9.17) is 11.0 Å². The second-order valence-electron chi connectivity index (χ2n) is 4.14. The second-order valence-corrected chi connectivity index (χ2v) is 4.14. The number of nitrogens with two attached hydrogens (primary N) is 1. The molecule has 0 aliphatic heterocycles. The van der Waals surface area contributed by atoms with Gasteiger partial charge in [0.15, 0.2) is 5.78 Å².